The fraction of sp³-hybridized carbons (Fsp3) is 0.240. The molecule has 0 saturated carbocycles. The molecule has 0 N–H and O–H groups in total. The van der Waals surface area contributed by atoms with E-state index in [0.29, 0.717) is 5.57 Å². The lowest BCUT2D eigenvalue weighted by Gasteiger charge is -2.23. The van der Waals surface area contributed by atoms with Gasteiger partial charge in [-0.05, 0) is 11.1 Å². The Kier molecular flexibility index (Phi) is 8.13. The van der Waals surface area contributed by atoms with Crippen LogP contribution in [0.2, 0.25) is 0 Å². The second-order valence-corrected chi connectivity index (χ2v) is 7.49. The summed E-state index contributed by atoms with van der Waals surface area (Å²) in [6.07, 6.45) is 1.59. The van der Waals surface area contributed by atoms with Gasteiger partial charge in [-0.25, -0.2) is 4.79 Å². The Labute approximate surface area is 177 Å². The minimum Gasteiger partial charge on any atom is -0.465 e. The van der Waals surface area contributed by atoms with Crippen LogP contribution in [0.4, 0.5) is 0 Å². The van der Waals surface area contributed by atoms with Crippen LogP contribution in [0.1, 0.15) is 31.4 Å². The van der Waals surface area contributed by atoms with Crippen LogP contribution in [0.3, 0.4) is 0 Å². The van der Waals surface area contributed by atoms with E-state index in [4.69, 9.17) is 9.47 Å². The van der Waals surface area contributed by atoms with E-state index < -0.39 is 17.4 Å². The number of esters is 2. The van der Waals surface area contributed by atoms with Crippen LogP contribution in [-0.4, -0.2) is 25.2 Å². The Morgan fingerprint density at radius 2 is 1.47 bits per heavy atom. The molecule has 0 radical (unpaired) electrons. The Hall–Kier alpha value is -3.65. The van der Waals surface area contributed by atoms with Crippen molar-refractivity contribution in [2.75, 3.05) is 13.2 Å². The van der Waals surface area contributed by atoms with E-state index in [1.54, 1.807) is 0 Å². The molecule has 0 amide bonds. The van der Waals surface area contributed by atoms with Gasteiger partial charge in [0.15, 0.2) is 0 Å². The van der Waals surface area contributed by atoms with Crippen molar-refractivity contribution in [2.24, 2.45) is 5.41 Å². The lowest BCUT2D eigenvalue weighted by atomic mass is 9.93. The third-order valence-electron chi connectivity index (χ3n) is 4.22. The first-order valence-corrected chi connectivity index (χ1v) is 9.57. The molecule has 0 saturated heterocycles. The standard InChI is InChI=1S/C25H25NO4/c1-4-11-22(27)29-17-25(2,3)18-30-24(28)21(16-26)23(19-12-7-5-8-13-19)20-14-9-6-10-15-20/h4-10,12-15H,1,11,17-18H2,2-3H3. The van der Waals surface area contributed by atoms with Crippen molar-refractivity contribution in [1.82, 2.24) is 0 Å². The number of ether oxygens (including phenoxy) is 2. The molecule has 2 aromatic carbocycles. The van der Waals surface area contributed by atoms with E-state index in [-0.39, 0.29) is 25.2 Å². The zero-order valence-corrected chi connectivity index (χ0v) is 17.3. The van der Waals surface area contributed by atoms with Gasteiger partial charge in [-0.3, -0.25) is 4.79 Å². The first-order valence-electron chi connectivity index (χ1n) is 9.57. The normalized spacial score (nSPS) is 10.4. The van der Waals surface area contributed by atoms with Gasteiger partial charge in [0.05, 0.1) is 13.0 Å². The van der Waals surface area contributed by atoms with E-state index in [0.717, 1.165) is 11.1 Å². The Bertz CT molecular complexity index is 912. The SMILES string of the molecule is C=CCC(=O)OCC(C)(C)COC(=O)C(C#N)=C(c1ccccc1)c1ccccc1. The number of benzene rings is 2. The number of nitriles is 1. The van der Waals surface area contributed by atoms with Crippen LogP contribution in [0.5, 0.6) is 0 Å². The van der Waals surface area contributed by atoms with Crippen molar-refractivity contribution in [2.45, 2.75) is 20.3 Å². The Morgan fingerprint density at radius 3 is 1.93 bits per heavy atom. The summed E-state index contributed by atoms with van der Waals surface area (Å²) in [6.45, 7) is 7.20. The van der Waals surface area contributed by atoms with Gasteiger partial charge in [0.2, 0.25) is 0 Å². The first kappa shape index (κ1) is 22.6. The molecule has 5 nitrogen and oxygen atoms in total. The Morgan fingerprint density at radius 1 is 0.967 bits per heavy atom. The van der Waals surface area contributed by atoms with E-state index in [1.807, 2.05) is 80.6 Å². The molecule has 0 atom stereocenters. The van der Waals surface area contributed by atoms with Crippen LogP contribution in [0, 0.1) is 16.7 Å². The van der Waals surface area contributed by atoms with Gasteiger partial charge < -0.3 is 9.47 Å². The summed E-state index contributed by atoms with van der Waals surface area (Å²) in [6, 6.07) is 20.5. The van der Waals surface area contributed by atoms with E-state index >= 15 is 0 Å². The molecule has 0 aromatic heterocycles. The van der Waals surface area contributed by atoms with E-state index in [9.17, 15) is 14.9 Å². The maximum Gasteiger partial charge on any atom is 0.349 e. The highest BCUT2D eigenvalue weighted by Gasteiger charge is 2.26. The van der Waals surface area contributed by atoms with Crippen molar-refractivity contribution in [3.05, 3.63) is 90.0 Å². The number of hydrogen-bond donors (Lipinski definition) is 0. The largest absolute Gasteiger partial charge is 0.465 e. The summed E-state index contributed by atoms with van der Waals surface area (Å²) in [5.74, 6) is -1.11. The van der Waals surface area contributed by atoms with Crippen LogP contribution in [0.15, 0.2) is 78.9 Å². The number of hydrogen-bond acceptors (Lipinski definition) is 5. The smallest absolute Gasteiger partial charge is 0.349 e. The second-order valence-electron chi connectivity index (χ2n) is 7.49. The molecule has 154 valence electrons. The zero-order chi connectivity index (χ0) is 22.0. The highest BCUT2D eigenvalue weighted by Crippen LogP contribution is 2.28. The predicted molar refractivity (Wildman–Crippen MR) is 115 cm³/mol. The molecule has 0 heterocycles. The lowest BCUT2D eigenvalue weighted by Crippen LogP contribution is -2.29. The molecule has 0 bridgehead atoms. The van der Waals surface area contributed by atoms with Crippen LogP contribution in [0.25, 0.3) is 5.57 Å². The summed E-state index contributed by atoms with van der Waals surface area (Å²) in [5.41, 5.74) is 1.32. The van der Waals surface area contributed by atoms with Gasteiger partial charge >= 0.3 is 11.9 Å². The molecule has 0 fully saturated rings. The van der Waals surface area contributed by atoms with Crippen molar-refractivity contribution >= 4 is 17.5 Å². The molecule has 0 aliphatic rings. The van der Waals surface area contributed by atoms with Gasteiger partial charge in [0, 0.05) is 11.0 Å². The summed E-state index contributed by atoms with van der Waals surface area (Å²) in [5, 5.41) is 9.77. The number of rotatable bonds is 9. The average molecular weight is 403 g/mol. The fourth-order valence-corrected chi connectivity index (χ4v) is 2.70. The maximum atomic E-state index is 12.8. The van der Waals surface area contributed by atoms with Crippen molar-refractivity contribution < 1.29 is 19.1 Å². The fourth-order valence-electron chi connectivity index (χ4n) is 2.70. The highest BCUT2D eigenvalue weighted by molar-refractivity contribution is 6.05. The molecule has 30 heavy (non-hydrogen) atoms. The average Bonchev–Trinajstić information content (AvgIpc) is 2.76. The molecule has 2 rings (SSSR count). The van der Waals surface area contributed by atoms with Crippen molar-refractivity contribution in [3.8, 4) is 6.07 Å². The first-order chi connectivity index (χ1) is 14.4. The lowest BCUT2D eigenvalue weighted by molar-refractivity contribution is -0.149. The van der Waals surface area contributed by atoms with Crippen LogP contribution >= 0.6 is 0 Å². The van der Waals surface area contributed by atoms with Crippen molar-refractivity contribution in [3.63, 3.8) is 0 Å². The molecular formula is C25H25NO4. The molecule has 0 aliphatic heterocycles. The summed E-state index contributed by atoms with van der Waals surface area (Å²) in [7, 11) is 0. The zero-order valence-electron chi connectivity index (χ0n) is 17.3. The highest BCUT2D eigenvalue weighted by atomic mass is 16.5. The third kappa shape index (κ3) is 6.46. The monoisotopic (exact) mass is 403 g/mol. The van der Waals surface area contributed by atoms with E-state index in [1.165, 1.54) is 6.08 Å². The van der Waals surface area contributed by atoms with Crippen LogP contribution in [-0.2, 0) is 19.1 Å². The summed E-state index contributed by atoms with van der Waals surface area (Å²) < 4.78 is 10.6. The maximum absolute atomic E-state index is 12.8. The minimum absolute atomic E-state index is 0.00472. The topological polar surface area (TPSA) is 76.4 Å². The second kappa shape index (κ2) is 10.8. The number of carbonyl (C=O) groups is 2. The van der Waals surface area contributed by atoms with E-state index in [2.05, 4.69) is 6.58 Å². The summed E-state index contributed by atoms with van der Waals surface area (Å²) in [4.78, 5) is 24.4. The van der Waals surface area contributed by atoms with Gasteiger partial charge in [-0.1, -0.05) is 80.6 Å². The molecule has 0 spiro atoms. The van der Waals surface area contributed by atoms with Gasteiger partial charge in [0.1, 0.15) is 18.2 Å². The number of nitrogens with zero attached hydrogens (tertiary/aromatic N) is 1. The number of carbonyl (C=O) groups excluding carboxylic acids is 2. The molecule has 0 unspecified atom stereocenters. The van der Waals surface area contributed by atoms with Gasteiger partial charge in [-0.15, -0.1) is 6.58 Å². The van der Waals surface area contributed by atoms with Crippen LogP contribution < -0.4 is 0 Å². The quantitative estimate of drug-likeness (QED) is 0.262. The summed E-state index contributed by atoms with van der Waals surface area (Å²) >= 11 is 0. The Balaban J connectivity index is 2.25. The molecular weight excluding hydrogens is 378 g/mol. The third-order valence-corrected chi connectivity index (χ3v) is 4.22. The minimum atomic E-state index is -0.717. The molecule has 2 aromatic rings. The molecule has 0 aliphatic carbocycles. The van der Waals surface area contributed by atoms with Gasteiger partial charge in [-0.2, -0.15) is 5.26 Å². The van der Waals surface area contributed by atoms with Gasteiger partial charge in [0.25, 0.3) is 0 Å². The molecule has 5 heteroatoms. The predicted octanol–water partition coefficient (Wildman–Crippen LogP) is 4.70. The van der Waals surface area contributed by atoms with Crippen molar-refractivity contribution in [1.29, 1.82) is 5.26 Å².